The Labute approximate surface area is 125 Å². The minimum atomic E-state index is -0.842. The molecule has 2 rings (SSSR count). The second kappa shape index (κ2) is 6.21. The highest BCUT2D eigenvalue weighted by Crippen LogP contribution is 2.43. The first-order chi connectivity index (χ1) is 9.90. The monoisotopic (exact) mass is 311 g/mol. The van der Waals surface area contributed by atoms with E-state index < -0.39 is 5.97 Å². The van der Waals surface area contributed by atoms with Crippen LogP contribution in [0.15, 0.2) is 5.38 Å². The molecule has 0 atom stereocenters. The molecule has 0 aromatic carbocycles. The Morgan fingerprint density at radius 2 is 2.14 bits per heavy atom. The predicted octanol–water partition coefficient (Wildman–Crippen LogP) is 1.48. The van der Waals surface area contributed by atoms with Gasteiger partial charge >= 0.3 is 5.97 Å². The zero-order chi connectivity index (χ0) is 15.5. The van der Waals surface area contributed by atoms with E-state index in [1.54, 1.807) is 5.38 Å². The fourth-order valence-corrected chi connectivity index (χ4v) is 3.09. The van der Waals surface area contributed by atoms with Gasteiger partial charge in [0.05, 0.1) is 6.42 Å². The summed E-state index contributed by atoms with van der Waals surface area (Å²) in [6.07, 6.45) is 2.69. The number of anilines is 1. The van der Waals surface area contributed by atoms with Crippen molar-refractivity contribution in [3.05, 3.63) is 11.1 Å². The molecule has 8 heteroatoms. The molecule has 1 aliphatic carbocycles. The van der Waals surface area contributed by atoms with Crippen LogP contribution in [0.2, 0.25) is 0 Å². The van der Waals surface area contributed by atoms with Gasteiger partial charge in [-0.05, 0) is 18.3 Å². The predicted molar refractivity (Wildman–Crippen MR) is 77.3 cm³/mol. The lowest BCUT2D eigenvalue weighted by atomic mass is 9.66. The number of aromatic nitrogens is 1. The Morgan fingerprint density at radius 3 is 2.67 bits per heavy atom. The molecular weight excluding hydrogens is 294 g/mol. The normalized spacial score (nSPS) is 15.9. The van der Waals surface area contributed by atoms with Gasteiger partial charge in [-0.15, -0.1) is 11.3 Å². The largest absolute Gasteiger partial charge is 0.481 e. The number of thiazole rings is 1. The lowest BCUT2D eigenvalue weighted by Crippen LogP contribution is -2.43. The molecule has 1 aromatic heterocycles. The van der Waals surface area contributed by atoms with Gasteiger partial charge in [-0.2, -0.15) is 0 Å². The zero-order valence-corrected chi connectivity index (χ0v) is 12.5. The van der Waals surface area contributed by atoms with Gasteiger partial charge in [0.1, 0.15) is 5.69 Å². The van der Waals surface area contributed by atoms with E-state index in [1.807, 2.05) is 0 Å². The number of nitrogens with one attached hydrogen (secondary N) is 2. The van der Waals surface area contributed by atoms with Crippen LogP contribution in [0.3, 0.4) is 0 Å². The minimum Gasteiger partial charge on any atom is -0.481 e. The van der Waals surface area contributed by atoms with Gasteiger partial charge in [0.25, 0.3) is 5.91 Å². The highest BCUT2D eigenvalue weighted by Gasteiger charge is 2.39. The second-order valence-corrected chi connectivity index (χ2v) is 6.18. The SMILES string of the molecule is CC(=O)Nc1nc(C(=O)NCC2(CC(=O)O)CCC2)cs1. The Kier molecular flexibility index (Phi) is 4.56. The van der Waals surface area contributed by atoms with E-state index in [0.717, 1.165) is 19.3 Å². The van der Waals surface area contributed by atoms with Crippen molar-refractivity contribution < 1.29 is 19.5 Å². The zero-order valence-electron chi connectivity index (χ0n) is 11.6. The maximum absolute atomic E-state index is 12.0. The highest BCUT2D eigenvalue weighted by molar-refractivity contribution is 7.14. The van der Waals surface area contributed by atoms with Gasteiger partial charge in [-0.3, -0.25) is 14.4 Å². The van der Waals surface area contributed by atoms with Crippen molar-refractivity contribution in [1.82, 2.24) is 10.3 Å². The summed E-state index contributed by atoms with van der Waals surface area (Å²) < 4.78 is 0. The molecule has 3 N–H and O–H groups in total. The van der Waals surface area contributed by atoms with Crippen LogP contribution in [0.5, 0.6) is 0 Å². The molecule has 0 spiro atoms. The van der Waals surface area contributed by atoms with Gasteiger partial charge < -0.3 is 15.7 Å². The average Bonchev–Trinajstić information content (AvgIpc) is 2.79. The van der Waals surface area contributed by atoms with Gasteiger partial charge in [-0.1, -0.05) is 6.42 Å². The molecule has 1 fully saturated rings. The number of carbonyl (C=O) groups excluding carboxylic acids is 2. The van der Waals surface area contributed by atoms with Crippen molar-refractivity contribution in [3.8, 4) is 0 Å². The molecule has 21 heavy (non-hydrogen) atoms. The summed E-state index contributed by atoms with van der Waals surface area (Å²) in [7, 11) is 0. The number of aliphatic carboxylic acids is 1. The van der Waals surface area contributed by atoms with Crippen molar-refractivity contribution in [3.63, 3.8) is 0 Å². The Balaban J connectivity index is 1.90. The van der Waals surface area contributed by atoms with Crippen molar-refractivity contribution in [2.24, 2.45) is 5.41 Å². The van der Waals surface area contributed by atoms with Crippen molar-refractivity contribution in [2.75, 3.05) is 11.9 Å². The number of hydrogen-bond acceptors (Lipinski definition) is 5. The molecule has 0 saturated heterocycles. The summed E-state index contributed by atoms with van der Waals surface area (Å²) >= 11 is 1.17. The van der Waals surface area contributed by atoms with Crippen LogP contribution >= 0.6 is 11.3 Å². The van der Waals surface area contributed by atoms with E-state index in [2.05, 4.69) is 15.6 Å². The number of hydrogen-bond donors (Lipinski definition) is 3. The molecule has 1 aliphatic rings. The van der Waals surface area contributed by atoms with Crippen LogP contribution in [0, 0.1) is 5.41 Å². The molecule has 114 valence electrons. The van der Waals surface area contributed by atoms with Crippen LogP contribution in [0.25, 0.3) is 0 Å². The van der Waals surface area contributed by atoms with Crippen LogP contribution in [0.4, 0.5) is 5.13 Å². The summed E-state index contributed by atoms with van der Waals surface area (Å²) in [4.78, 5) is 37.8. The standard InChI is InChI=1S/C13H17N3O4S/c1-8(17)15-12-16-9(6-21-12)11(20)14-7-13(3-2-4-13)5-10(18)19/h6H,2-5,7H2,1H3,(H,14,20)(H,18,19)(H,15,16,17). The highest BCUT2D eigenvalue weighted by atomic mass is 32.1. The van der Waals surface area contributed by atoms with Crippen molar-refractivity contribution in [2.45, 2.75) is 32.6 Å². The third-order valence-corrected chi connectivity index (χ3v) is 4.34. The first-order valence-electron chi connectivity index (χ1n) is 6.63. The molecule has 2 amide bonds. The molecule has 0 unspecified atom stereocenters. The number of carbonyl (C=O) groups is 3. The quantitative estimate of drug-likeness (QED) is 0.737. The van der Waals surface area contributed by atoms with Crippen LogP contribution < -0.4 is 10.6 Å². The van der Waals surface area contributed by atoms with E-state index in [0.29, 0.717) is 11.7 Å². The molecule has 1 saturated carbocycles. The third kappa shape index (κ3) is 4.01. The van der Waals surface area contributed by atoms with Gasteiger partial charge in [0.15, 0.2) is 5.13 Å². The van der Waals surface area contributed by atoms with Crippen LogP contribution in [-0.2, 0) is 9.59 Å². The Bertz CT molecular complexity index is 566. The number of rotatable bonds is 6. The molecule has 1 heterocycles. The summed E-state index contributed by atoms with van der Waals surface area (Å²) in [5.74, 6) is -1.43. The van der Waals surface area contributed by atoms with Gasteiger partial charge in [-0.25, -0.2) is 4.98 Å². The lowest BCUT2D eigenvalue weighted by molar-refractivity contribution is -0.141. The third-order valence-electron chi connectivity index (χ3n) is 3.58. The topological polar surface area (TPSA) is 108 Å². The molecule has 7 nitrogen and oxygen atoms in total. The van der Waals surface area contributed by atoms with Crippen LogP contribution in [0.1, 0.15) is 43.1 Å². The summed E-state index contributed by atoms with van der Waals surface area (Å²) in [6.45, 7) is 1.71. The molecule has 0 aliphatic heterocycles. The minimum absolute atomic E-state index is 0.0709. The number of amides is 2. The molecule has 1 aromatic rings. The molecule has 0 bridgehead atoms. The van der Waals surface area contributed by atoms with Crippen molar-refractivity contribution >= 4 is 34.3 Å². The maximum atomic E-state index is 12.0. The van der Waals surface area contributed by atoms with Crippen molar-refractivity contribution in [1.29, 1.82) is 0 Å². The summed E-state index contributed by atoms with van der Waals surface area (Å²) in [6, 6.07) is 0. The Morgan fingerprint density at radius 1 is 1.43 bits per heavy atom. The summed E-state index contributed by atoms with van der Waals surface area (Å²) in [5, 5.41) is 16.1. The van der Waals surface area contributed by atoms with Gasteiger partial charge in [0, 0.05) is 18.8 Å². The number of carboxylic acid groups (broad SMARTS) is 1. The molecule has 0 radical (unpaired) electrons. The van der Waals surface area contributed by atoms with E-state index in [9.17, 15) is 14.4 Å². The van der Waals surface area contributed by atoms with Gasteiger partial charge in [0.2, 0.25) is 5.91 Å². The average molecular weight is 311 g/mol. The fourth-order valence-electron chi connectivity index (χ4n) is 2.36. The van der Waals surface area contributed by atoms with E-state index in [4.69, 9.17) is 5.11 Å². The number of nitrogens with zero attached hydrogens (tertiary/aromatic N) is 1. The smallest absolute Gasteiger partial charge is 0.303 e. The first kappa shape index (κ1) is 15.4. The number of carboxylic acids is 1. The first-order valence-corrected chi connectivity index (χ1v) is 7.51. The lowest BCUT2D eigenvalue weighted by Gasteiger charge is -2.40. The summed E-state index contributed by atoms with van der Waals surface area (Å²) in [5.41, 5.74) is -0.0913. The maximum Gasteiger partial charge on any atom is 0.303 e. The second-order valence-electron chi connectivity index (χ2n) is 5.33. The van der Waals surface area contributed by atoms with E-state index in [-0.39, 0.29) is 29.3 Å². The molecular formula is C13H17N3O4S. The Hall–Kier alpha value is -1.96. The fraction of sp³-hybridized carbons (Fsp3) is 0.538. The van der Waals surface area contributed by atoms with Crippen LogP contribution in [-0.4, -0.2) is 34.4 Å². The van der Waals surface area contributed by atoms with E-state index >= 15 is 0 Å². The van der Waals surface area contributed by atoms with E-state index in [1.165, 1.54) is 18.3 Å².